The van der Waals surface area contributed by atoms with E-state index < -0.39 is 12.5 Å². The van der Waals surface area contributed by atoms with Crippen LogP contribution in [0.4, 0.5) is 11.4 Å². The Morgan fingerprint density at radius 3 is 2.50 bits per heavy atom. The number of nitrogens with zero attached hydrogens (tertiary/aromatic N) is 3. The fourth-order valence-corrected chi connectivity index (χ4v) is 5.50. The quantitative estimate of drug-likeness (QED) is 0.407. The van der Waals surface area contributed by atoms with Gasteiger partial charge in [0.1, 0.15) is 12.4 Å². The van der Waals surface area contributed by atoms with E-state index >= 15 is 0 Å². The van der Waals surface area contributed by atoms with Crippen LogP contribution in [0.1, 0.15) is 58.7 Å². The fourth-order valence-electron chi connectivity index (χ4n) is 4.71. The van der Waals surface area contributed by atoms with Crippen LogP contribution in [0.25, 0.3) is 11.0 Å². The molecule has 0 unspecified atom stereocenters. The second-order valence-corrected chi connectivity index (χ2v) is 11.5. The molecule has 0 spiro atoms. The maximum Gasteiger partial charge on any atom is 0.250 e. The summed E-state index contributed by atoms with van der Waals surface area (Å²) in [5.74, 6) is 1.50. The van der Waals surface area contributed by atoms with E-state index in [1.54, 1.807) is 11.9 Å². The molecule has 1 fully saturated rings. The molecular weight excluding hydrogens is 444 g/mol. The summed E-state index contributed by atoms with van der Waals surface area (Å²) in [6, 6.07) is 14.2. The van der Waals surface area contributed by atoms with Gasteiger partial charge in [-0.25, -0.2) is 4.98 Å². The van der Waals surface area contributed by atoms with Crippen molar-refractivity contribution in [3.63, 3.8) is 0 Å². The van der Waals surface area contributed by atoms with Gasteiger partial charge in [-0.1, -0.05) is 40.0 Å². The number of benzene rings is 2. The Morgan fingerprint density at radius 1 is 1.15 bits per heavy atom. The van der Waals surface area contributed by atoms with Crippen LogP contribution in [-0.4, -0.2) is 34.2 Å². The molecule has 2 aromatic carbocycles. The van der Waals surface area contributed by atoms with E-state index in [2.05, 4.69) is 60.2 Å². The number of rotatable bonds is 7. The van der Waals surface area contributed by atoms with Crippen molar-refractivity contribution in [2.24, 2.45) is 5.92 Å². The average Bonchev–Trinajstić information content (AvgIpc) is 3.19. The number of aliphatic hydroxyl groups is 1. The first kappa shape index (κ1) is 24.6. The zero-order valence-electron chi connectivity index (χ0n) is 20.7. The number of hydrogen-bond acceptors (Lipinski definition) is 5. The highest BCUT2D eigenvalue weighted by atomic mass is 32.2. The van der Waals surface area contributed by atoms with Crippen molar-refractivity contribution in [2.45, 2.75) is 69.7 Å². The SMILES string of the molecule is CN(Sc1ccc(NC(=O)CO)cc1)c1ccc2c(c1)nc(C(C)(C)C)n2CC1CCCCC1. The number of nitrogens with one attached hydrogen (secondary N) is 1. The molecule has 6 nitrogen and oxygen atoms in total. The molecule has 1 heterocycles. The van der Waals surface area contributed by atoms with Gasteiger partial charge in [0.05, 0.1) is 11.0 Å². The normalized spacial score (nSPS) is 15.0. The molecule has 0 atom stereocenters. The average molecular weight is 481 g/mol. The largest absolute Gasteiger partial charge is 0.387 e. The van der Waals surface area contributed by atoms with Crippen LogP contribution in [0.2, 0.25) is 0 Å². The summed E-state index contributed by atoms with van der Waals surface area (Å²) in [5, 5.41) is 11.5. The molecule has 1 aromatic heterocycles. The van der Waals surface area contributed by atoms with Crippen LogP contribution < -0.4 is 9.62 Å². The molecule has 34 heavy (non-hydrogen) atoms. The third kappa shape index (κ3) is 5.76. The minimum absolute atomic E-state index is 0.0122. The predicted octanol–water partition coefficient (Wildman–Crippen LogP) is 5.99. The first-order valence-electron chi connectivity index (χ1n) is 12.2. The van der Waals surface area contributed by atoms with Gasteiger partial charge in [-0.15, -0.1) is 0 Å². The first-order chi connectivity index (χ1) is 16.2. The highest BCUT2D eigenvalue weighted by molar-refractivity contribution is 8.00. The second-order valence-electron chi connectivity index (χ2n) is 10.3. The van der Waals surface area contributed by atoms with Crippen molar-refractivity contribution in [1.82, 2.24) is 9.55 Å². The number of aromatic nitrogens is 2. The van der Waals surface area contributed by atoms with Crippen LogP contribution in [-0.2, 0) is 16.8 Å². The molecule has 1 aliphatic rings. The van der Waals surface area contributed by atoms with Crippen molar-refractivity contribution in [3.05, 3.63) is 48.3 Å². The van der Waals surface area contributed by atoms with E-state index in [-0.39, 0.29) is 5.41 Å². The Morgan fingerprint density at radius 2 is 1.85 bits per heavy atom. The van der Waals surface area contributed by atoms with Gasteiger partial charge in [-0.05, 0) is 73.2 Å². The Balaban J connectivity index is 1.54. The summed E-state index contributed by atoms with van der Waals surface area (Å²) < 4.78 is 4.61. The van der Waals surface area contributed by atoms with Crippen molar-refractivity contribution < 1.29 is 9.90 Å². The smallest absolute Gasteiger partial charge is 0.250 e. The van der Waals surface area contributed by atoms with Crippen molar-refractivity contribution in [1.29, 1.82) is 0 Å². The lowest BCUT2D eigenvalue weighted by Crippen LogP contribution is -2.22. The number of aliphatic hydroxyl groups excluding tert-OH is 1. The fraction of sp³-hybridized carbons (Fsp3) is 0.481. The zero-order valence-corrected chi connectivity index (χ0v) is 21.5. The maximum atomic E-state index is 11.4. The Bertz CT molecular complexity index is 1130. The Kier molecular flexibility index (Phi) is 7.53. The maximum absolute atomic E-state index is 11.4. The van der Waals surface area contributed by atoms with Gasteiger partial charge < -0.3 is 19.3 Å². The zero-order chi connectivity index (χ0) is 24.3. The number of carbonyl (C=O) groups excluding carboxylic acids is 1. The highest BCUT2D eigenvalue weighted by Gasteiger charge is 2.25. The van der Waals surface area contributed by atoms with E-state index in [0.29, 0.717) is 5.69 Å². The molecule has 1 saturated carbocycles. The first-order valence-corrected chi connectivity index (χ1v) is 12.9. The van der Waals surface area contributed by atoms with E-state index in [4.69, 9.17) is 10.1 Å². The summed E-state index contributed by atoms with van der Waals surface area (Å²) in [7, 11) is 2.05. The Hall–Kier alpha value is -2.51. The summed E-state index contributed by atoms with van der Waals surface area (Å²) in [6.45, 7) is 7.30. The number of hydrogen-bond donors (Lipinski definition) is 2. The van der Waals surface area contributed by atoms with Gasteiger partial charge >= 0.3 is 0 Å². The number of imidazole rings is 1. The molecule has 1 aliphatic carbocycles. The minimum Gasteiger partial charge on any atom is -0.387 e. The standard InChI is InChI=1S/C27H36N4O2S/c1-27(2,3)26-29-23-16-21(12-15-24(23)31(26)17-19-8-6-5-7-9-19)30(4)34-22-13-10-20(11-14-22)28-25(33)18-32/h10-16,19,32H,5-9,17-18H2,1-4H3,(H,28,33). The summed E-state index contributed by atoms with van der Waals surface area (Å²) in [4.78, 5) is 17.5. The number of anilines is 2. The van der Waals surface area contributed by atoms with Crippen molar-refractivity contribution in [2.75, 3.05) is 23.3 Å². The van der Waals surface area contributed by atoms with Gasteiger partial charge in [0.25, 0.3) is 0 Å². The van der Waals surface area contributed by atoms with Crippen LogP contribution in [0.15, 0.2) is 47.4 Å². The van der Waals surface area contributed by atoms with Crippen molar-refractivity contribution in [3.8, 4) is 0 Å². The predicted molar refractivity (Wildman–Crippen MR) is 141 cm³/mol. The number of fused-ring (bicyclic) bond motifs is 1. The van der Waals surface area contributed by atoms with Crippen LogP contribution >= 0.6 is 11.9 Å². The van der Waals surface area contributed by atoms with Gasteiger partial charge in [-0.3, -0.25) is 4.79 Å². The molecule has 0 radical (unpaired) electrons. The molecule has 3 aromatic rings. The summed E-state index contributed by atoms with van der Waals surface area (Å²) in [6.07, 6.45) is 6.72. The van der Waals surface area contributed by atoms with E-state index in [1.807, 2.05) is 24.3 Å². The molecular formula is C27H36N4O2S. The minimum atomic E-state index is -0.519. The lowest BCUT2D eigenvalue weighted by atomic mass is 9.88. The molecule has 0 bridgehead atoms. The van der Waals surface area contributed by atoms with Crippen LogP contribution in [0.5, 0.6) is 0 Å². The summed E-state index contributed by atoms with van der Waals surface area (Å²) in [5.41, 5.74) is 4.03. The molecule has 7 heteroatoms. The third-order valence-corrected chi connectivity index (χ3v) is 7.42. The van der Waals surface area contributed by atoms with E-state index in [0.717, 1.165) is 28.6 Å². The lowest BCUT2D eigenvalue weighted by Gasteiger charge is -2.26. The van der Waals surface area contributed by atoms with Gasteiger partial charge in [0, 0.05) is 35.3 Å². The molecule has 1 amide bonds. The molecule has 2 N–H and O–H groups in total. The van der Waals surface area contributed by atoms with Crippen LogP contribution in [0.3, 0.4) is 0 Å². The van der Waals surface area contributed by atoms with E-state index in [1.165, 1.54) is 43.4 Å². The third-order valence-electron chi connectivity index (χ3n) is 6.46. The van der Waals surface area contributed by atoms with Gasteiger partial charge in [0.2, 0.25) is 5.91 Å². The summed E-state index contributed by atoms with van der Waals surface area (Å²) >= 11 is 1.62. The molecule has 0 saturated heterocycles. The van der Waals surface area contributed by atoms with E-state index in [9.17, 15) is 4.79 Å². The van der Waals surface area contributed by atoms with Crippen LogP contribution in [0, 0.1) is 5.92 Å². The van der Waals surface area contributed by atoms with Crippen molar-refractivity contribution >= 4 is 40.3 Å². The highest BCUT2D eigenvalue weighted by Crippen LogP contribution is 2.34. The molecule has 182 valence electrons. The van der Waals surface area contributed by atoms with Gasteiger partial charge in [-0.2, -0.15) is 0 Å². The number of carbonyl (C=O) groups is 1. The monoisotopic (exact) mass is 480 g/mol. The Labute approximate surface area is 206 Å². The topological polar surface area (TPSA) is 70.4 Å². The lowest BCUT2D eigenvalue weighted by molar-refractivity contribution is -0.118. The molecule has 0 aliphatic heterocycles. The second kappa shape index (κ2) is 10.4. The molecule has 4 rings (SSSR count). The number of amides is 1. The van der Waals surface area contributed by atoms with Gasteiger partial charge in [0.15, 0.2) is 0 Å².